The van der Waals surface area contributed by atoms with Crippen LogP contribution < -0.4 is 14.4 Å². The molecule has 0 bridgehead atoms. The van der Waals surface area contributed by atoms with E-state index < -0.39 is 33.2 Å². The van der Waals surface area contributed by atoms with Crippen LogP contribution in [0.15, 0.2) is 71.6 Å². The molecule has 9 nitrogen and oxygen atoms in total. The third kappa shape index (κ3) is 5.67. The SMILES string of the molecule is COc1ccc(N(CC(=O)NCc2ccc(F)cc2)S(=O)(=O)c2ccc(C)c([N+](=O)[O-])c2)cc1. The Morgan fingerprint density at radius 2 is 1.74 bits per heavy atom. The molecule has 0 saturated carbocycles. The topological polar surface area (TPSA) is 119 Å². The second kappa shape index (κ2) is 10.3. The van der Waals surface area contributed by atoms with Crippen LogP contribution in [0.4, 0.5) is 15.8 Å². The van der Waals surface area contributed by atoms with E-state index in [0.29, 0.717) is 16.9 Å². The molecule has 0 aliphatic heterocycles. The van der Waals surface area contributed by atoms with Crippen LogP contribution in [-0.2, 0) is 21.4 Å². The Morgan fingerprint density at radius 3 is 2.32 bits per heavy atom. The van der Waals surface area contributed by atoms with E-state index >= 15 is 0 Å². The first-order valence-corrected chi connectivity index (χ1v) is 11.5. The number of methoxy groups -OCH3 is 1. The van der Waals surface area contributed by atoms with Gasteiger partial charge in [0.1, 0.15) is 18.1 Å². The molecule has 34 heavy (non-hydrogen) atoms. The van der Waals surface area contributed by atoms with Gasteiger partial charge in [-0.25, -0.2) is 12.8 Å². The highest BCUT2D eigenvalue weighted by molar-refractivity contribution is 7.92. The number of anilines is 1. The molecule has 0 heterocycles. The standard InChI is InChI=1S/C23H22FN3O6S/c1-16-3-12-21(13-22(16)27(29)30)34(31,32)26(19-8-10-20(33-2)11-9-19)15-23(28)25-14-17-4-6-18(24)7-5-17/h3-13H,14-15H2,1-2H3,(H,25,28). The van der Waals surface area contributed by atoms with Crippen molar-refractivity contribution >= 4 is 27.3 Å². The number of benzene rings is 3. The van der Waals surface area contributed by atoms with Crippen molar-refractivity contribution in [1.29, 1.82) is 0 Å². The van der Waals surface area contributed by atoms with E-state index in [2.05, 4.69) is 5.32 Å². The Kier molecular flexibility index (Phi) is 7.47. The van der Waals surface area contributed by atoms with Gasteiger partial charge in [0.05, 0.1) is 22.6 Å². The normalized spacial score (nSPS) is 11.0. The Bertz CT molecular complexity index is 1300. The van der Waals surface area contributed by atoms with Gasteiger partial charge in [-0.05, 0) is 55.0 Å². The molecule has 3 rings (SSSR count). The Hall–Kier alpha value is -3.99. The zero-order chi connectivity index (χ0) is 24.9. The van der Waals surface area contributed by atoms with Crippen molar-refractivity contribution in [3.8, 4) is 5.75 Å². The number of sulfonamides is 1. The molecular weight excluding hydrogens is 465 g/mol. The number of halogens is 1. The first kappa shape index (κ1) is 24.6. The van der Waals surface area contributed by atoms with Gasteiger partial charge in [0.15, 0.2) is 0 Å². The number of ether oxygens (including phenoxy) is 1. The third-order valence-corrected chi connectivity index (χ3v) is 6.79. The molecule has 3 aromatic rings. The number of carbonyl (C=O) groups excluding carboxylic acids is 1. The van der Waals surface area contributed by atoms with Crippen molar-refractivity contribution in [2.75, 3.05) is 18.0 Å². The highest BCUT2D eigenvalue weighted by Gasteiger charge is 2.29. The van der Waals surface area contributed by atoms with Gasteiger partial charge in [-0.15, -0.1) is 0 Å². The lowest BCUT2D eigenvalue weighted by Gasteiger charge is -2.24. The molecule has 0 aromatic heterocycles. The number of nitro groups is 1. The lowest BCUT2D eigenvalue weighted by Crippen LogP contribution is -2.40. The summed E-state index contributed by atoms with van der Waals surface area (Å²) >= 11 is 0. The van der Waals surface area contributed by atoms with E-state index in [4.69, 9.17) is 4.74 Å². The summed E-state index contributed by atoms with van der Waals surface area (Å²) in [4.78, 5) is 23.0. The molecule has 0 unspecified atom stereocenters. The fourth-order valence-electron chi connectivity index (χ4n) is 3.13. The van der Waals surface area contributed by atoms with Crippen LogP contribution >= 0.6 is 0 Å². The van der Waals surface area contributed by atoms with Crippen LogP contribution in [0.1, 0.15) is 11.1 Å². The predicted octanol–water partition coefficient (Wildman–Crippen LogP) is 3.56. The predicted molar refractivity (Wildman–Crippen MR) is 124 cm³/mol. The van der Waals surface area contributed by atoms with Crippen LogP contribution in [0.2, 0.25) is 0 Å². The minimum absolute atomic E-state index is 0.0611. The summed E-state index contributed by atoms with van der Waals surface area (Å²) in [6.45, 7) is 0.974. The molecule has 1 amide bonds. The highest BCUT2D eigenvalue weighted by atomic mass is 32.2. The number of hydrogen-bond donors (Lipinski definition) is 1. The Balaban J connectivity index is 1.92. The molecule has 1 N–H and O–H groups in total. The maximum atomic E-state index is 13.5. The number of nitrogens with zero attached hydrogens (tertiary/aromatic N) is 2. The van der Waals surface area contributed by atoms with Crippen molar-refractivity contribution in [2.24, 2.45) is 0 Å². The van der Waals surface area contributed by atoms with E-state index in [0.717, 1.165) is 10.4 Å². The van der Waals surface area contributed by atoms with Crippen LogP contribution in [0, 0.1) is 22.9 Å². The van der Waals surface area contributed by atoms with Gasteiger partial charge >= 0.3 is 0 Å². The van der Waals surface area contributed by atoms with Crippen LogP contribution in [0.25, 0.3) is 0 Å². The second-order valence-electron chi connectivity index (χ2n) is 7.32. The zero-order valence-corrected chi connectivity index (χ0v) is 19.2. The molecule has 0 fully saturated rings. The number of nitro benzene ring substituents is 1. The summed E-state index contributed by atoms with van der Waals surface area (Å²) in [7, 11) is -2.90. The van der Waals surface area contributed by atoms with Crippen LogP contribution in [-0.4, -0.2) is 32.9 Å². The quantitative estimate of drug-likeness (QED) is 0.364. The van der Waals surface area contributed by atoms with E-state index in [9.17, 15) is 27.7 Å². The zero-order valence-electron chi connectivity index (χ0n) is 18.4. The number of nitrogens with one attached hydrogen (secondary N) is 1. The monoisotopic (exact) mass is 487 g/mol. The lowest BCUT2D eigenvalue weighted by atomic mass is 10.2. The van der Waals surface area contributed by atoms with Gasteiger partial charge in [-0.2, -0.15) is 0 Å². The van der Waals surface area contributed by atoms with Crippen molar-refractivity contribution in [1.82, 2.24) is 5.32 Å². The molecule has 0 atom stereocenters. The van der Waals surface area contributed by atoms with Gasteiger partial charge in [0, 0.05) is 18.2 Å². The molecule has 0 spiro atoms. The number of rotatable bonds is 9. The summed E-state index contributed by atoms with van der Waals surface area (Å²) in [6.07, 6.45) is 0. The van der Waals surface area contributed by atoms with Crippen molar-refractivity contribution in [2.45, 2.75) is 18.4 Å². The molecule has 0 aliphatic rings. The summed E-state index contributed by atoms with van der Waals surface area (Å²) in [5.74, 6) is -0.558. The molecule has 3 aromatic carbocycles. The molecule has 0 saturated heterocycles. The van der Waals surface area contributed by atoms with Crippen LogP contribution in [0.3, 0.4) is 0 Å². The maximum absolute atomic E-state index is 13.5. The fourth-order valence-corrected chi connectivity index (χ4v) is 4.57. The summed E-state index contributed by atoms with van der Waals surface area (Å²) < 4.78 is 46.0. The third-order valence-electron chi connectivity index (χ3n) is 5.02. The van der Waals surface area contributed by atoms with Gasteiger partial charge in [-0.1, -0.05) is 18.2 Å². The van der Waals surface area contributed by atoms with E-state index in [1.54, 1.807) is 0 Å². The molecule has 0 radical (unpaired) electrons. The Labute approximate surface area is 196 Å². The molecule has 11 heteroatoms. The van der Waals surface area contributed by atoms with Crippen molar-refractivity contribution in [3.63, 3.8) is 0 Å². The largest absolute Gasteiger partial charge is 0.497 e. The van der Waals surface area contributed by atoms with E-state index in [-0.39, 0.29) is 22.8 Å². The number of carbonyl (C=O) groups is 1. The average Bonchev–Trinajstić information content (AvgIpc) is 2.82. The van der Waals surface area contributed by atoms with E-state index in [1.807, 2.05) is 0 Å². The highest BCUT2D eigenvalue weighted by Crippen LogP contribution is 2.29. The van der Waals surface area contributed by atoms with Crippen molar-refractivity contribution < 1.29 is 27.3 Å². The van der Waals surface area contributed by atoms with Gasteiger partial charge < -0.3 is 10.1 Å². The van der Waals surface area contributed by atoms with E-state index in [1.165, 1.54) is 74.7 Å². The second-order valence-corrected chi connectivity index (χ2v) is 9.18. The lowest BCUT2D eigenvalue weighted by molar-refractivity contribution is -0.385. The van der Waals surface area contributed by atoms with Gasteiger partial charge in [0.25, 0.3) is 15.7 Å². The molecule has 178 valence electrons. The fraction of sp³-hybridized carbons (Fsp3) is 0.174. The number of amides is 1. The van der Waals surface area contributed by atoms with Gasteiger partial charge in [-0.3, -0.25) is 19.2 Å². The maximum Gasteiger partial charge on any atom is 0.273 e. The minimum atomic E-state index is -4.35. The summed E-state index contributed by atoms with van der Waals surface area (Å²) in [5, 5.41) is 13.9. The van der Waals surface area contributed by atoms with Crippen molar-refractivity contribution in [3.05, 3.63) is 93.8 Å². The smallest absolute Gasteiger partial charge is 0.273 e. The average molecular weight is 488 g/mol. The Morgan fingerprint density at radius 1 is 1.09 bits per heavy atom. The summed E-state index contributed by atoms with van der Waals surface area (Å²) in [6, 6.07) is 15.1. The summed E-state index contributed by atoms with van der Waals surface area (Å²) in [5.41, 5.74) is 0.747. The first-order valence-electron chi connectivity index (χ1n) is 10.0. The number of aryl methyl sites for hydroxylation is 1. The molecule has 0 aliphatic carbocycles. The van der Waals surface area contributed by atoms with Crippen LogP contribution in [0.5, 0.6) is 5.75 Å². The minimum Gasteiger partial charge on any atom is -0.497 e. The molecular formula is C23H22FN3O6S. The number of hydrogen-bond acceptors (Lipinski definition) is 6. The van der Waals surface area contributed by atoms with Gasteiger partial charge in [0.2, 0.25) is 5.91 Å². The first-order chi connectivity index (χ1) is 16.1.